The minimum Gasteiger partial charge on any atom is -0.481 e. The summed E-state index contributed by atoms with van der Waals surface area (Å²) in [5.41, 5.74) is -0.0183. The van der Waals surface area contributed by atoms with Crippen molar-refractivity contribution in [1.29, 1.82) is 0 Å². The predicted octanol–water partition coefficient (Wildman–Crippen LogP) is 3.70. The summed E-state index contributed by atoms with van der Waals surface area (Å²) in [6.07, 6.45) is -0.445. The number of aromatic nitrogens is 2. The van der Waals surface area contributed by atoms with Crippen LogP contribution in [0.5, 0.6) is 0 Å². The first-order chi connectivity index (χ1) is 13.8. The minimum absolute atomic E-state index is 0.00456. The molecule has 11 heteroatoms. The van der Waals surface area contributed by atoms with E-state index >= 15 is 0 Å². The third kappa shape index (κ3) is 4.22. The van der Waals surface area contributed by atoms with Crippen LogP contribution in [0.25, 0.3) is 11.4 Å². The van der Waals surface area contributed by atoms with Gasteiger partial charge in [-0.3, -0.25) is 25.0 Å². The molecule has 0 spiro atoms. The Bertz CT molecular complexity index is 1110. The van der Waals surface area contributed by atoms with Gasteiger partial charge in [0.2, 0.25) is 0 Å². The van der Waals surface area contributed by atoms with Crippen molar-refractivity contribution in [3.8, 4) is 11.4 Å². The van der Waals surface area contributed by atoms with E-state index in [0.29, 0.717) is 0 Å². The molecule has 0 aliphatic carbocycles. The van der Waals surface area contributed by atoms with Crippen LogP contribution < -0.4 is 0 Å². The lowest BCUT2D eigenvalue weighted by atomic mass is 10.1. The number of halogens is 1. The van der Waals surface area contributed by atoms with Gasteiger partial charge in [0, 0.05) is 12.6 Å². The largest absolute Gasteiger partial charge is 0.481 e. The summed E-state index contributed by atoms with van der Waals surface area (Å²) in [6, 6.07) is 12.2. The molecular formula is C18H13ClN4O6. The van der Waals surface area contributed by atoms with Gasteiger partial charge in [-0.25, -0.2) is 4.98 Å². The molecule has 0 amide bonds. The number of hydrogen-bond donors (Lipinski definition) is 1. The number of nitrogens with zero attached hydrogens (tertiary/aromatic N) is 4. The number of non-ortho nitro benzene ring substituents is 1. The Morgan fingerprint density at radius 1 is 1.10 bits per heavy atom. The van der Waals surface area contributed by atoms with Gasteiger partial charge >= 0.3 is 5.97 Å². The molecule has 148 valence electrons. The summed E-state index contributed by atoms with van der Waals surface area (Å²) < 4.78 is 1.47. The van der Waals surface area contributed by atoms with Gasteiger partial charge in [-0.05, 0) is 11.6 Å². The van der Waals surface area contributed by atoms with E-state index in [1.165, 1.54) is 10.6 Å². The van der Waals surface area contributed by atoms with Crippen molar-refractivity contribution in [3.63, 3.8) is 0 Å². The molecule has 2 aromatic carbocycles. The van der Waals surface area contributed by atoms with E-state index in [4.69, 9.17) is 11.6 Å². The lowest BCUT2D eigenvalue weighted by molar-refractivity contribution is -0.393. The number of rotatable bonds is 7. The molecule has 0 aliphatic rings. The third-order valence-corrected chi connectivity index (χ3v) is 4.46. The average Bonchev–Trinajstić information content (AvgIpc) is 2.97. The zero-order valence-electron chi connectivity index (χ0n) is 14.7. The van der Waals surface area contributed by atoms with Crippen molar-refractivity contribution in [3.05, 3.63) is 85.2 Å². The molecule has 3 rings (SSSR count). The summed E-state index contributed by atoms with van der Waals surface area (Å²) in [4.78, 5) is 36.4. The first-order valence-electron chi connectivity index (χ1n) is 8.21. The molecule has 29 heavy (non-hydrogen) atoms. The first kappa shape index (κ1) is 20.0. The summed E-state index contributed by atoms with van der Waals surface area (Å²) in [6.45, 7) is 0.159. The van der Waals surface area contributed by atoms with E-state index in [9.17, 15) is 30.1 Å². The number of nitro benzene ring substituents is 2. The maximum absolute atomic E-state index is 11.5. The van der Waals surface area contributed by atoms with Crippen LogP contribution in [0.1, 0.15) is 11.3 Å². The number of aliphatic carboxylic acids is 1. The van der Waals surface area contributed by atoms with E-state index < -0.39 is 33.6 Å². The smallest absolute Gasteiger partial charge is 0.309 e. The lowest BCUT2D eigenvalue weighted by Crippen LogP contribution is -2.11. The Morgan fingerprint density at radius 2 is 1.79 bits per heavy atom. The fourth-order valence-electron chi connectivity index (χ4n) is 2.88. The van der Waals surface area contributed by atoms with Crippen molar-refractivity contribution in [2.75, 3.05) is 0 Å². The van der Waals surface area contributed by atoms with Gasteiger partial charge in [0.15, 0.2) is 5.15 Å². The van der Waals surface area contributed by atoms with Crippen LogP contribution in [0.4, 0.5) is 11.4 Å². The first-order valence-corrected chi connectivity index (χ1v) is 8.59. The molecule has 0 unspecified atom stereocenters. The lowest BCUT2D eigenvalue weighted by Gasteiger charge is -2.12. The number of carboxylic acids is 1. The second-order valence-corrected chi connectivity index (χ2v) is 6.39. The molecule has 0 fully saturated rings. The minimum atomic E-state index is -1.15. The van der Waals surface area contributed by atoms with Gasteiger partial charge in [0.05, 0.1) is 33.6 Å². The molecule has 0 aliphatic heterocycles. The molecule has 0 saturated carbocycles. The maximum Gasteiger partial charge on any atom is 0.309 e. The van der Waals surface area contributed by atoms with Gasteiger partial charge in [0.25, 0.3) is 11.4 Å². The molecule has 3 aromatic rings. The summed E-state index contributed by atoms with van der Waals surface area (Å²) >= 11 is 6.15. The second-order valence-electron chi connectivity index (χ2n) is 6.03. The number of hydrogen-bond acceptors (Lipinski definition) is 6. The maximum atomic E-state index is 11.5. The standard InChI is InChI=1S/C18H13ClN4O6/c19-17-15(9-16(24)25)21(10-11-4-2-1-3-5-11)18(20-17)13-7-6-12(22(26)27)8-14(13)23(28)29/h1-8H,9-10H2,(H,24,25). The molecule has 0 radical (unpaired) electrons. The Morgan fingerprint density at radius 3 is 2.38 bits per heavy atom. The van der Waals surface area contributed by atoms with Crippen molar-refractivity contribution in [1.82, 2.24) is 9.55 Å². The molecule has 0 atom stereocenters. The van der Waals surface area contributed by atoms with Crippen molar-refractivity contribution >= 4 is 28.9 Å². The Labute approximate surface area is 168 Å². The topological polar surface area (TPSA) is 141 Å². The molecule has 1 heterocycles. The second kappa shape index (κ2) is 8.07. The quantitative estimate of drug-likeness (QED) is 0.457. The number of benzene rings is 2. The zero-order chi connectivity index (χ0) is 21.1. The van der Waals surface area contributed by atoms with Crippen LogP contribution >= 0.6 is 11.6 Å². The van der Waals surface area contributed by atoms with Gasteiger partial charge in [-0.1, -0.05) is 41.9 Å². The van der Waals surface area contributed by atoms with E-state index in [1.807, 2.05) is 6.07 Å². The average molecular weight is 417 g/mol. The number of imidazole rings is 1. The number of carboxylic acid groups (broad SMARTS) is 1. The number of nitro groups is 2. The van der Waals surface area contributed by atoms with Crippen LogP contribution in [0.15, 0.2) is 48.5 Å². The van der Waals surface area contributed by atoms with Crippen LogP contribution in [-0.2, 0) is 17.8 Å². The monoisotopic (exact) mass is 416 g/mol. The van der Waals surface area contributed by atoms with E-state index in [-0.39, 0.29) is 28.8 Å². The highest BCUT2D eigenvalue weighted by Gasteiger charge is 2.27. The van der Waals surface area contributed by atoms with Crippen LogP contribution in [0, 0.1) is 20.2 Å². The summed E-state index contributed by atoms with van der Waals surface area (Å²) in [5.74, 6) is -1.09. The third-order valence-electron chi connectivity index (χ3n) is 4.16. The fraction of sp³-hybridized carbons (Fsp3) is 0.111. The van der Waals surface area contributed by atoms with E-state index in [0.717, 1.165) is 17.7 Å². The Balaban J connectivity index is 2.23. The van der Waals surface area contributed by atoms with E-state index in [1.54, 1.807) is 24.3 Å². The summed E-state index contributed by atoms with van der Waals surface area (Å²) in [7, 11) is 0. The van der Waals surface area contributed by atoms with E-state index in [2.05, 4.69) is 4.98 Å². The molecule has 0 bridgehead atoms. The van der Waals surface area contributed by atoms with Gasteiger partial charge in [-0.15, -0.1) is 0 Å². The molecule has 10 nitrogen and oxygen atoms in total. The predicted molar refractivity (Wildman–Crippen MR) is 103 cm³/mol. The van der Waals surface area contributed by atoms with Gasteiger partial charge in [0.1, 0.15) is 5.82 Å². The van der Waals surface area contributed by atoms with Crippen LogP contribution in [-0.4, -0.2) is 30.5 Å². The van der Waals surface area contributed by atoms with Crippen LogP contribution in [0.3, 0.4) is 0 Å². The zero-order valence-corrected chi connectivity index (χ0v) is 15.4. The van der Waals surface area contributed by atoms with Crippen molar-refractivity contribution in [2.24, 2.45) is 0 Å². The Hall–Kier alpha value is -3.79. The molecule has 0 saturated heterocycles. The normalized spacial score (nSPS) is 10.7. The fourth-order valence-corrected chi connectivity index (χ4v) is 3.13. The SMILES string of the molecule is O=C(O)Cc1c(Cl)nc(-c2ccc([N+](=O)[O-])cc2[N+](=O)[O-])n1Cc1ccccc1. The number of carbonyl (C=O) groups is 1. The molecule has 1 N–H and O–H groups in total. The highest BCUT2D eigenvalue weighted by molar-refractivity contribution is 6.30. The Kier molecular flexibility index (Phi) is 5.55. The molecule has 1 aromatic heterocycles. The van der Waals surface area contributed by atoms with Crippen molar-refractivity contribution < 1.29 is 19.7 Å². The van der Waals surface area contributed by atoms with Crippen LogP contribution in [0.2, 0.25) is 5.15 Å². The highest BCUT2D eigenvalue weighted by Crippen LogP contribution is 2.35. The van der Waals surface area contributed by atoms with Gasteiger partial charge < -0.3 is 9.67 Å². The summed E-state index contributed by atoms with van der Waals surface area (Å²) in [5, 5.41) is 31.6. The molecular weight excluding hydrogens is 404 g/mol. The highest BCUT2D eigenvalue weighted by atomic mass is 35.5. The van der Waals surface area contributed by atoms with Crippen molar-refractivity contribution in [2.45, 2.75) is 13.0 Å². The van der Waals surface area contributed by atoms with Gasteiger partial charge in [-0.2, -0.15) is 0 Å².